The quantitative estimate of drug-likeness (QED) is 0.628. The van der Waals surface area contributed by atoms with Gasteiger partial charge in [0.05, 0.1) is 17.7 Å². The van der Waals surface area contributed by atoms with E-state index in [1.165, 1.54) is 7.11 Å². The van der Waals surface area contributed by atoms with Crippen LogP contribution in [0.4, 0.5) is 5.69 Å². The van der Waals surface area contributed by atoms with Crippen molar-refractivity contribution < 1.29 is 17.9 Å². The van der Waals surface area contributed by atoms with E-state index < -0.39 is 10.0 Å². The van der Waals surface area contributed by atoms with E-state index >= 15 is 0 Å². The number of halogens is 1. The summed E-state index contributed by atoms with van der Waals surface area (Å²) in [5.41, 5.74) is 3.29. The predicted molar refractivity (Wildman–Crippen MR) is 112 cm³/mol. The molecule has 1 amide bonds. The number of hydrogen-bond acceptors (Lipinski definition) is 4. The Hall–Kier alpha value is -2.09. The summed E-state index contributed by atoms with van der Waals surface area (Å²) >= 11 is 6.06. The Balaban J connectivity index is 1.89. The van der Waals surface area contributed by atoms with Crippen LogP contribution >= 0.6 is 11.6 Å². The highest BCUT2D eigenvalue weighted by Crippen LogP contribution is 2.31. The monoisotopic (exact) mass is 424 g/mol. The van der Waals surface area contributed by atoms with E-state index in [0.29, 0.717) is 22.9 Å². The van der Waals surface area contributed by atoms with Gasteiger partial charge >= 0.3 is 0 Å². The zero-order valence-corrected chi connectivity index (χ0v) is 18.0. The first-order chi connectivity index (χ1) is 13.1. The van der Waals surface area contributed by atoms with Gasteiger partial charge in [-0.15, -0.1) is 0 Å². The summed E-state index contributed by atoms with van der Waals surface area (Å²) in [6, 6.07) is 8.37. The molecule has 0 atom stereocenters. The zero-order chi connectivity index (χ0) is 20.9. The third-order valence-electron chi connectivity index (χ3n) is 4.42. The van der Waals surface area contributed by atoms with E-state index in [4.69, 9.17) is 16.3 Å². The molecule has 0 saturated carbocycles. The van der Waals surface area contributed by atoms with E-state index in [2.05, 4.69) is 10.0 Å². The van der Waals surface area contributed by atoms with E-state index in [1.54, 1.807) is 30.3 Å². The fourth-order valence-corrected chi connectivity index (χ4v) is 3.87. The van der Waals surface area contributed by atoms with Crippen LogP contribution in [0, 0.1) is 20.8 Å². The van der Waals surface area contributed by atoms with Crippen molar-refractivity contribution in [3.8, 4) is 5.75 Å². The summed E-state index contributed by atoms with van der Waals surface area (Å²) in [7, 11) is -2.10. The molecule has 0 aliphatic heterocycles. The number of nitrogens with one attached hydrogen (secondary N) is 2. The average molecular weight is 425 g/mol. The van der Waals surface area contributed by atoms with Crippen molar-refractivity contribution in [1.82, 2.24) is 4.72 Å². The number of anilines is 1. The lowest BCUT2D eigenvalue weighted by Crippen LogP contribution is -2.26. The third kappa shape index (κ3) is 5.70. The number of carbonyl (C=O) groups is 1. The normalized spacial score (nSPS) is 11.3. The highest BCUT2D eigenvalue weighted by atomic mass is 35.5. The number of aryl methyl sites for hydroxylation is 3. The van der Waals surface area contributed by atoms with Crippen LogP contribution in [0.2, 0.25) is 5.02 Å². The lowest BCUT2D eigenvalue weighted by molar-refractivity contribution is -0.116. The van der Waals surface area contributed by atoms with Crippen LogP contribution in [-0.4, -0.2) is 28.0 Å². The molecule has 0 aromatic heterocycles. The van der Waals surface area contributed by atoms with Gasteiger partial charge in [0.2, 0.25) is 15.9 Å². The number of benzene rings is 2. The van der Waals surface area contributed by atoms with Crippen molar-refractivity contribution in [2.45, 2.75) is 38.5 Å². The van der Waals surface area contributed by atoms with E-state index in [9.17, 15) is 13.2 Å². The van der Waals surface area contributed by atoms with Crippen LogP contribution in [-0.2, 0) is 14.8 Å². The molecule has 2 N–H and O–H groups in total. The third-order valence-corrected chi connectivity index (χ3v) is 6.28. The average Bonchev–Trinajstić information content (AvgIpc) is 2.63. The van der Waals surface area contributed by atoms with Crippen molar-refractivity contribution in [2.75, 3.05) is 19.0 Å². The van der Waals surface area contributed by atoms with Gasteiger partial charge in [-0.05, 0) is 62.1 Å². The maximum absolute atomic E-state index is 12.3. The zero-order valence-electron chi connectivity index (χ0n) is 16.4. The number of amides is 1. The first-order valence-corrected chi connectivity index (χ1v) is 10.7. The minimum absolute atomic E-state index is 0.166. The van der Waals surface area contributed by atoms with Crippen molar-refractivity contribution in [3.05, 3.63) is 52.0 Å². The molecule has 8 heteroatoms. The molecule has 0 aliphatic rings. The molecule has 6 nitrogen and oxygen atoms in total. The van der Waals surface area contributed by atoms with Crippen LogP contribution in [0.1, 0.15) is 29.5 Å². The van der Waals surface area contributed by atoms with Crippen LogP contribution in [0.15, 0.2) is 35.2 Å². The summed E-state index contributed by atoms with van der Waals surface area (Å²) < 4.78 is 32.4. The Labute approximate surface area is 171 Å². The first kappa shape index (κ1) is 22.2. The van der Waals surface area contributed by atoms with Gasteiger partial charge in [0, 0.05) is 24.1 Å². The second-order valence-electron chi connectivity index (χ2n) is 6.60. The molecular formula is C20H25ClN2O4S. The number of hydrogen-bond donors (Lipinski definition) is 2. The molecule has 152 valence electrons. The minimum Gasteiger partial charge on any atom is -0.495 e. The molecule has 0 fully saturated rings. The minimum atomic E-state index is -3.59. The molecular weight excluding hydrogens is 400 g/mol. The number of sulfonamides is 1. The summed E-state index contributed by atoms with van der Waals surface area (Å²) in [4.78, 5) is 12.4. The van der Waals surface area contributed by atoms with Gasteiger partial charge in [-0.2, -0.15) is 0 Å². The molecule has 28 heavy (non-hydrogen) atoms. The van der Waals surface area contributed by atoms with Gasteiger partial charge in [0.25, 0.3) is 0 Å². The standard InChI is InChI=1S/C20H25ClN2O4S/c1-13-7-8-16(10-14(13)2)28(25,26)22-9-5-6-20(24)23-18-11-15(3)17(21)12-19(18)27-4/h7-8,10-12,22H,5-6,9H2,1-4H3,(H,23,24). The second kappa shape index (κ2) is 9.41. The van der Waals surface area contributed by atoms with Crippen LogP contribution in [0.25, 0.3) is 0 Å². The van der Waals surface area contributed by atoms with Gasteiger partial charge in [-0.3, -0.25) is 4.79 Å². The maximum atomic E-state index is 12.3. The largest absolute Gasteiger partial charge is 0.495 e. The lowest BCUT2D eigenvalue weighted by Gasteiger charge is -2.12. The second-order valence-corrected chi connectivity index (χ2v) is 8.77. The van der Waals surface area contributed by atoms with Crippen LogP contribution in [0.5, 0.6) is 5.75 Å². The van der Waals surface area contributed by atoms with Gasteiger partial charge in [0.1, 0.15) is 5.75 Å². The summed E-state index contributed by atoms with van der Waals surface area (Å²) in [6.45, 7) is 5.79. The SMILES string of the molecule is COc1cc(Cl)c(C)cc1NC(=O)CCCNS(=O)(=O)c1ccc(C)c(C)c1. The van der Waals surface area contributed by atoms with Crippen molar-refractivity contribution in [1.29, 1.82) is 0 Å². The van der Waals surface area contributed by atoms with E-state index in [-0.39, 0.29) is 23.8 Å². The molecule has 0 bridgehead atoms. The molecule has 2 rings (SSSR count). The summed E-state index contributed by atoms with van der Waals surface area (Å²) in [5, 5.41) is 3.32. The van der Waals surface area contributed by atoms with Gasteiger partial charge in [0.15, 0.2) is 0 Å². The molecule has 0 radical (unpaired) electrons. The van der Waals surface area contributed by atoms with Crippen molar-refractivity contribution in [2.24, 2.45) is 0 Å². The smallest absolute Gasteiger partial charge is 0.240 e. The summed E-state index contributed by atoms with van der Waals surface area (Å²) in [6.07, 6.45) is 0.533. The molecule has 2 aromatic carbocycles. The van der Waals surface area contributed by atoms with Gasteiger partial charge in [-0.1, -0.05) is 17.7 Å². The Bertz CT molecular complexity index is 974. The number of methoxy groups -OCH3 is 1. The molecule has 2 aromatic rings. The molecule has 0 unspecified atom stereocenters. The number of carbonyl (C=O) groups excluding carboxylic acids is 1. The fourth-order valence-electron chi connectivity index (χ4n) is 2.56. The Morgan fingerprint density at radius 2 is 1.79 bits per heavy atom. The topological polar surface area (TPSA) is 84.5 Å². The van der Waals surface area contributed by atoms with Crippen molar-refractivity contribution in [3.63, 3.8) is 0 Å². The summed E-state index contributed by atoms with van der Waals surface area (Å²) in [5.74, 6) is 0.241. The lowest BCUT2D eigenvalue weighted by atomic mass is 10.1. The molecule has 0 aliphatic carbocycles. The Kier molecular flexibility index (Phi) is 7.46. The van der Waals surface area contributed by atoms with Crippen molar-refractivity contribution >= 4 is 33.2 Å². The number of rotatable bonds is 8. The number of ether oxygens (including phenoxy) is 1. The predicted octanol–water partition coefficient (Wildman–Crippen LogP) is 3.97. The molecule has 0 heterocycles. The highest BCUT2D eigenvalue weighted by Gasteiger charge is 2.15. The Morgan fingerprint density at radius 3 is 2.43 bits per heavy atom. The van der Waals surface area contributed by atoms with Gasteiger partial charge in [-0.25, -0.2) is 13.1 Å². The van der Waals surface area contributed by atoms with Gasteiger partial charge < -0.3 is 10.1 Å². The van der Waals surface area contributed by atoms with Crippen LogP contribution in [0.3, 0.4) is 0 Å². The maximum Gasteiger partial charge on any atom is 0.240 e. The first-order valence-electron chi connectivity index (χ1n) is 8.85. The van der Waals surface area contributed by atoms with Crippen LogP contribution < -0.4 is 14.8 Å². The fraction of sp³-hybridized carbons (Fsp3) is 0.350. The molecule has 0 spiro atoms. The highest BCUT2D eigenvalue weighted by molar-refractivity contribution is 7.89. The van der Waals surface area contributed by atoms with E-state index in [1.807, 2.05) is 20.8 Å². The Morgan fingerprint density at radius 1 is 1.07 bits per heavy atom. The molecule has 0 saturated heterocycles. The van der Waals surface area contributed by atoms with E-state index in [0.717, 1.165) is 16.7 Å².